The molecule has 0 aliphatic carbocycles. The molecule has 2 atom stereocenters. The highest BCUT2D eigenvalue weighted by Gasteiger charge is 2.33. The van der Waals surface area contributed by atoms with Crippen LogP contribution in [0.4, 0.5) is 0 Å². The van der Waals surface area contributed by atoms with E-state index >= 15 is 0 Å². The molecular weight excluding hydrogens is 180 g/mol. The summed E-state index contributed by atoms with van der Waals surface area (Å²) < 4.78 is 0. The van der Waals surface area contributed by atoms with Crippen molar-refractivity contribution in [1.82, 2.24) is 10.2 Å². The molecule has 0 aromatic heterocycles. The summed E-state index contributed by atoms with van der Waals surface area (Å²) in [6.07, 6.45) is 0.943. The fourth-order valence-corrected chi connectivity index (χ4v) is 2.23. The Morgan fingerprint density at radius 3 is 2.64 bits per heavy atom. The van der Waals surface area contributed by atoms with E-state index in [9.17, 15) is 4.79 Å². The number of carbonyl (C=O) groups is 1. The molecule has 1 aliphatic rings. The lowest BCUT2D eigenvalue weighted by Gasteiger charge is -2.37. The molecule has 1 fully saturated rings. The predicted molar refractivity (Wildman–Crippen MR) is 55.3 cm³/mol. The van der Waals surface area contributed by atoms with Gasteiger partial charge in [-0.25, -0.2) is 0 Å². The third-order valence-electron chi connectivity index (χ3n) is 3.04. The molecule has 4 heteroatoms. The average molecular weight is 200 g/mol. The lowest BCUT2D eigenvalue weighted by atomic mass is 9.92. The Morgan fingerprint density at radius 1 is 1.50 bits per heavy atom. The molecule has 2 N–H and O–H groups in total. The zero-order chi connectivity index (χ0) is 10.6. The van der Waals surface area contributed by atoms with Gasteiger partial charge in [0, 0.05) is 12.6 Å². The fraction of sp³-hybridized carbons (Fsp3) is 0.900. The molecule has 14 heavy (non-hydrogen) atoms. The van der Waals surface area contributed by atoms with E-state index in [0.717, 1.165) is 26.1 Å². The van der Waals surface area contributed by atoms with Gasteiger partial charge in [-0.15, -0.1) is 0 Å². The van der Waals surface area contributed by atoms with Gasteiger partial charge in [0.05, 0.1) is 5.92 Å². The summed E-state index contributed by atoms with van der Waals surface area (Å²) >= 11 is 0. The molecule has 1 rings (SSSR count). The fourth-order valence-electron chi connectivity index (χ4n) is 2.23. The standard InChI is InChI=1S/C10H20N2O2/c1-3-12(4-2)9-5-6-11-7-8(9)10(13)14/h8-9,11H,3-7H2,1-2H3,(H,13,14). The van der Waals surface area contributed by atoms with E-state index < -0.39 is 5.97 Å². The first kappa shape index (κ1) is 11.5. The van der Waals surface area contributed by atoms with Crippen molar-refractivity contribution in [1.29, 1.82) is 0 Å². The summed E-state index contributed by atoms with van der Waals surface area (Å²) in [5.74, 6) is -0.919. The number of aliphatic carboxylic acids is 1. The van der Waals surface area contributed by atoms with Gasteiger partial charge in [-0.05, 0) is 26.1 Å². The second-order valence-electron chi connectivity index (χ2n) is 3.73. The molecule has 2 unspecified atom stereocenters. The van der Waals surface area contributed by atoms with Gasteiger partial charge in [-0.1, -0.05) is 13.8 Å². The first-order valence-corrected chi connectivity index (χ1v) is 5.38. The normalized spacial score (nSPS) is 27.9. The number of carboxylic acids is 1. The molecule has 0 aromatic carbocycles. The van der Waals surface area contributed by atoms with E-state index in [2.05, 4.69) is 24.1 Å². The van der Waals surface area contributed by atoms with E-state index in [1.54, 1.807) is 0 Å². The van der Waals surface area contributed by atoms with Crippen LogP contribution in [0.1, 0.15) is 20.3 Å². The van der Waals surface area contributed by atoms with Crippen molar-refractivity contribution in [3.8, 4) is 0 Å². The van der Waals surface area contributed by atoms with Crippen LogP contribution in [0.5, 0.6) is 0 Å². The quantitative estimate of drug-likeness (QED) is 0.689. The molecule has 0 saturated carbocycles. The van der Waals surface area contributed by atoms with E-state index in [0.29, 0.717) is 6.54 Å². The van der Waals surface area contributed by atoms with Crippen molar-refractivity contribution in [2.45, 2.75) is 26.3 Å². The number of nitrogens with zero attached hydrogens (tertiary/aromatic N) is 1. The van der Waals surface area contributed by atoms with Crippen molar-refractivity contribution in [2.75, 3.05) is 26.2 Å². The topological polar surface area (TPSA) is 52.6 Å². The van der Waals surface area contributed by atoms with Crippen molar-refractivity contribution < 1.29 is 9.90 Å². The Morgan fingerprint density at radius 2 is 2.14 bits per heavy atom. The van der Waals surface area contributed by atoms with Crippen LogP contribution in [0.2, 0.25) is 0 Å². The van der Waals surface area contributed by atoms with E-state index in [1.807, 2.05) is 0 Å². The molecule has 4 nitrogen and oxygen atoms in total. The summed E-state index contributed by atoms with van der Waals surface area (Å²) in [4.78, 5) is 13.3. The van der Waals surface area contributed by atoms with Crippen molar-refractivity contribution in [3.05, 3.63) is 0 Å². The van der Waals surface area contributed by atoms with Crippen LogP contribution < -0.4 is 5.32 Å². The van der Waals surface area contributed by atoms with Crippen LogP contribution in [0.3, 0.4) is 0 Å². The van der Waals surface area contributed by atoms with Gasteiger partial charge in [-0.2, -0.15) is 0 Å². The number of rotatable bonds is 4. The third-order valence-corrected chi connectivity index (χ3v) is 3.04. The molecule has 0 bridgehead atoms. The summed E-state index contributed by atoms with van der Waals surface area (Å²) in [6, 6.07) is 0.212. The first-order chi connectivity index (χ1) is 6.70. The van der Waals surface area contributed by atoms with Gasteiger partial charge in [-0.3, -0.25) is 9.69 Å². The van der Waals surface area contributed by atoms with Crippen LogP contribution in [0.25, 0.3) is 0 Å². The zero-order valence-electron chi connectivity index (χ0n) is 8.99. The van der Waals surface area contributed by atoms with Gasteiger partial charge >= 0.3 is 5.97 Å². The van der Waals surface area contributed by atoms with Gasteiger partial charge in [0.2, 0.25) is 0 Å². The Bertz CT molecular complexity index is 193. The number of carboxylic acid groups (broad SMARTS) is 1. The van der Waals surface area contributed by atoms with Crippen LogP contribution in [0, 0.1) is 5.92 Å². The van der Waals surface area contributed by atoms with E-state index in [4.69, 9.17) is 5.11 Å². The van der Waals surface area contributed by atoms with Crippen LogP contribution in [-0.4, -0.2) is 48.2 Å². The SMILES string of the molecule is CCN(CC)C1CCNCC1C(=O)O. The number of hydrogen-bond donors (Lipinski definition) is 2. The van der Waals surface area contributed by atoms with Gasteiger partial charge in [0.25, 0.3) is 0 Å². The minimum absolute atomic E-state index is 0.212. The highest BCUT2D eigenvalue weighted by Crippen LogP contribution is 2.18. The minimum atomic E-state index is -0.672. The van der Waals surface area contributed by atoms with E-state index in [-0.39, 0.29) is 12.0 Å². The van der Waals surface area contributed by atoms with Crippen LogP contribution >= 0.6 is 0 Å². The van der Waals surface area contributed by atoms with Crippen molar-refractivity contribution in [3.63, 3.8) is 0 Å². The maximum Gasteiger partial charge on any atom is 0.309 e. The molecule has 82 valence electrons. The summed E-state index contributed by atoms with van der Waals surface area (Å²) in [7, 11) is 0. The smallest absolute Gasteiger partial charge is 0.309 e. The number of piperidine rings is 1. The molecule has 1 aliphatic heterocycles. The summed E-state index contributed by atoms with van der Waals surface area (Å²) in [5.41, 5.74) is 0. The average Bonchev–Trinajstić information content (AvgIpc) is 2.20. The Labute approximate surface area is 85.3 Å². The molecule has 1 saturated heterocycles. The summed E-state index contributed by atoms with van der Waals surface area (Å²) in [6.45, 7) is 7.59. The number of hydrogen-bond acceptors (Lipinski definition) is 3. The summed E-state index contributed by atoms with van der Waals surface area (Å²) in [5, 5.41) is 12.2. The second-order valence-corrected chi connectivity index (χ2v) is 3.73. The lowest BCUT2D eigenvalue weighted by Crippen LogP contribution is -2.52. The molecule has 0 radical (unpaired) electrons. The monoisotopic (exact) mass is 200 g/mol. The largest absolute Gasteiger partial charge is 0.481 e. The zero-order valence-corrected chi connectivity index (χ0v) is 8.99. The molecular formula is C10H20N2O2. The van der Waals surface area contributed by atoms with Crippen molar-refractivity contribution in [2.24, 2.45) is 5.92 Å². The third kappa shape index (κ3) is 2.45. The predicted octanol–water partition coefficient (Wildman–Crippen LogP) is 0.391. The Hall–Kier alpha value is -0.610. The highest BCUT2D eigenvalue weighted by molar-refractivity contribution is 5.71. The first-order valence-electron chi connectivity index (χ1n) is 5.38. The second kappa shape index (κ2) is 5.32. The maximum atomic E-state index is 11.0. The van der Waals surface area contributed by atoms with E-state index in [1.165, 1.54) is 0 Å². The lowest BCUT2D eigenvalue weighted by molar-refractivity contribution is -0.144. The highest BCUT2D eigenvalue weighted by atomic mass is 16.4. The number of nitrogens with one attached hydrogen (secondary N) is 1. The molecule has 0 aromatic rings. The van der Waals surface area contributed by atoms with Gasteiger partial charge < -0.3 is 10.4 Å². The van der Waals surface area contributed by atoms with Gasteiger partial charge in [0.15, 0.2) is 0 Å². The minimum Gasteiger partial charge on any atom is -0.481 e. The molecule has 0 spiro atoms. The molecule has 0 amide bonds. The maximum absolute atomic E-state index is 11.0. The van der Waals surface area contributed by atoms with Crippen LogP contribution in [0.15, 0.2) is 0 Å². The Balaban J connectivity index is 2.65. The Kier molecular flexibility index (Phi) is 4.35. The van der Waals surface area contributed by atoms with Crippen LogP contribution in [-0.2, 0) is 4.79 Å². The van der Waals surface area contributed by atoms with Gasteiger partial charge in [0.1, 0.15) is 0 Å². The van der Waals surface area contributed by atoms with Crippen molar-refractivity contribution >= 4 is 5.97 Å². The molecule has 1 heterocycles.